The number of hydrogen-bond donors (Lipinski definition) is 1. The Morgan fingerprint density at radius 2 is 1.50 bits per heavy atom. The third-order valence-electron chi connectivity index (χ3n) is 5.26. The predicted molar refractivity (Wildman–Crippen MR) is 125 cm³/mol. The highest BCUT2D eigenvalue weighted by Crippen LogP contribution is 2.13. The number of ether oxygens (including phenoxy) is 1. The van der Waals surface area contributed by atoms with Crippen LogP contribution in [-0.2, 0) is 35.7 Å². The largest absolute Gasteiger partial charge is 0.372 e. The zero-order valence-electron chi connectivity index (χ0n) is 18.0. The molecular weight excluding hydrogens is 398 g/mol. The molecule has 0 atom stereocenters. The summed E-state index contributed by atoms with van der Waals surface area (Å²) in [5, 5.41) is 7.43. The first-order chi connectivity index (χ1) is 15.8. The topological polar surface area (TPSA) is 56.2 Å². The van der Waals surface area contributed by atoms with Gasteiger partial charge in [0.1, 0.15) is 0 Å². The van der Waals surface area contributed by atoms with Crippen LogP contribution >= 0.6 is 0 Å². The molecule has 0 aliphatic rings. The van der Waals surface area contributed by atoms with Crippen molar-refractivity contribution in [2.45, 2.75) is 32.6 Å². The van der Waals surface area contributed by atoms with E-state index in [4.69, 9.17) is 4.74 Å². The van der Waals surface area contributed by atoms with E-state index in [2.05, 4.69) is 22.5 Å². The Hall–Kier alpha value is -3.70. The Balaban J connectivity index is 1.24. The first kappa shape index (κ1) is 21.5. The fourth-order valence-corrected chi connectivity index (χ4v) is 3.48. The minimum atomic E-state index is 0.0254. The highest BCUT2D eigenvalue weighted by molar-refractivity contribution is 5.76. The van der Waals surface area contributed by atoms with Crippen LogP contribution in [0.3, 0.4) is 0 Å². The molecule has 3 aromatic carbocycles. The van der Waals surface area contributed by atoms with Crippen LogP contribution in [0.1, 0.15) is 28.7 Å². The Labute approximate surface area is 188 Å². The maximum absolute atomic E-state index is 12.4. The second-order valence-electron chi connectivity index (χ2n) is 7.65. The van der Waals surface area contributed by atoms with Gasteiger partial charge in [-0.25, -0.2) is 4.68 Å². The number of hydrogen-bond acceptors (Lipinski definition) is 3. The lowest BCUT2D eigenvalue weighted by molar-refractivity contribution is -0.121. The van der Waals surface area contributed by atoms with Gasteiger partial charge in [-0.05, 0) is 40.8 Å². The van der Waals surface area contributed by atoms with Gasteiger partial charge in [0.25, 0.3) is 0 Å². The van der Waals surface area contributed by atoms with Crippen LogP contribution in [0.15, 0.2) is 97.3 Å². The number of rotatable bonds is 10. The molecule has 0 fully saturated rings. The van der Waals surface area contributed by atoms with Crippen molar-refractivity contribution in [1.29, 1.82) is 0 Å². The molecule has 1 heterocycles. The molecule has 1 amide bonds. The summed E-state index contributed by atoms with van der Waals surface area (Å²) in [5.41, 5.74) is 5.36. The number of carbonyl (C=O) groups excluding carboxylic acids is 1. The van der Waals surface area contributed by atoms with Gasteiger partial charge in [0.05, 0.1) is 25.1 Å². The molecule has 0 radical (unpaired) electrons. The Morgan fingerprint density at radius 1 is 0.812 bits per heavy atom. The third-order valence-corrected chi connectivity index (χ3v) is 5.26. The van der Waals surface area contributed by atoms with Crippen molar-refractivity contribution in [1.82, 2.24) is 15.1 Å². The average Bonchev–Trinajstić information content (AvgIpc) is 3.32. The summed E-state index contributed by atoms with van der Waals surface area (Å²) < 4.78 is 7.71. The Morgan fingerprint density at radius 3 is 2.28 bits per heavy atom. The van der Waals surface area contributed by atoms with E-state index in [1.807, 2.05) is 89.9 Å². The molecule has 0 saturated heterocycles. The van der Waals surface area contributed by atoms with Crippen molar-refractivity contribution in [2.75, 3.05) is 0 Å². The average molecular weight is 426 g/mol. The van der Waals surface area contributed by atoms with Gasteiger partial charge in [0.15, 0.2) is 0 Å². The van der Waals surface area contributed by atoms with Crippen LogP contribution < -0.4 is 5.32 Å². The van der Waals surface area contributed by atoms with Crippen LogP contribution in [0.4, 0.5) is 0 Å². The number of nitrogens with one attached hydrogen (secondary N) is 1. The quantitative estimate of drug-likeness (QED) is 0.396. The van der Waals surface area contributed by atoms with Gasteiger partial charge in [0.2, 0.25) is 5.91 Å². The van der Waals surface area contributed by atoms with Gasteiger partial charge >= 0.3 is 0 Å². The molecule has 0 saturated carbocycles. The summed E-state index contributed by atoms with van der Waals surface area (Å²) >= 11 is 0. The SMILES string of the molecule is O=C(CCc1cnn(-c2ccccc2)c1)NCc1ccccc1COCc1ccccc1. The van der Waals surface area contributed by atoms with Gasteiger partial charge < -0.3 is 10.1 Å². The first-order valence-corrected chi connectivity index (χ1v) is 10.8. The van der Waals surface area contributed by atoms with E-state index in [9.17, 15) is 4.79 Å². The maximum Gasteiger partial charge on any atom is 0.220 e. The van der Waals surface area contributed by atoms with Gasteiger partial charge in [-0.1, -0.05) is 72.8 Å². The van der Waals surface area contributed by atoms with Crippen LogP contribution in [0.5, 0.6) is 0 Å². The van der Waals surface area contributed by atoms with E-state index in [1.165, 1.54) is 0 Å². The molecule has 0 bridgehead atoms. The molecule has 5 nitrogen and oxygen atoms in total. The molecule has 32 heavy (non-hydrogen) atoms. The highest BCUT2D eigenvalue weighted by Gasteiger charge is 2.07. The fourth-order valence-electron chi connectivity index (χ4n) is 3.48. The lowest BCUT2D eigenvalue weighted by atomic mass is 10.1. The molecule has 4 rings (SSSR count). The van der Waals surface area contributed by atoms with Gasteiger partial charge in [0, 0.05) is 19.2 Å². The molecule has 162 valence electrons. The summed E-state index contributed by atoms with van der Waals surface area (Å²) in [6, 6.07) is 28.1. The Bertz CT molecular complexity index is 1120. The molecule has 4 aromatic rings. The molecular formula is C27H27N3O2. The van der Waals surface area contributed by atoms with E-state index in [0.717, 1.165) is 27.9 Å². The van der Waals surface area contributed by atoms with Crippen molar-refractivity contribution in [3.8, 4) is 5.69 Å². The van der Waals surface area contributed by atoms with Crippen LogP contribution in [-0.4, -0.2) is 15.7 Å². The third kappa shape index (κ3) is 6.15. The van der Waals surface area contributed by atoms with Crippen molar-refractivity contribution in [2.24, 2.45) is 0 Å². The van der Waals surface area contributed by atoms with Crippen molar-refractivity contribution in [3.63, 3.8) is 0 Å². The van der Waals surface area contributed by atoms with Gasteiger partial charge in [-0.3, -0.25) is 4.79 Å². The second-order valence-corrected chi connectivity index (χ2v) is 7.65. The minimum Gasteiger partial charge on any atom is -0.372 e. The number of aryl methyl sites for hydroxylation is 1. The van der Waals surface area contributed by atoms with E-state index in [1.54, 1.807) is 0 Å². The number of para-hydroxylation sites is 1. The van der Waals surface area contributed by atoms with E-state index in [0.29, 0.717) is 32.6 Å². The summed E-state index contributed by atoms with van der Waals surface area (Å²) in [6.45, 7) is 1.57. The summed E-state index contributed by atoms with van der Waals surface area (Å²) in [7, 11) is 0. The van der Waals surface area contributed by atoms with Crippen molar-refractivity contribution >= 4 is 5.91 Å². The predicted octanol–water partition coefficient (Wildman–Crippen LogP) is 4.84. The fraction of sp³-hybridized carbons (Fsp3) is 0.185. The Kier molecular flexibility index (Phi) is 7.45. The highest BCUT2D eigenvalue weighted by atomic mass is 16.5. The van der Waals surface area contributed by atoms with E-state index >= 15 is 0 Å². The second kappa shape index (κ2) is 11.1. The monoisotopic (exact) mass is 425 g/mol. The minimum absolute atomic E-state index is 0.0254. The van der Waals surface area contributed by atoms with E-state index < -0.39 is 0 Å². The van der Waals surface area contributed by atoms with Gasteiger partial charge in [-0.2, -0.15) is 5.10 Å². The van der Waals surface area contributed by atoms with Crippen LogP contribution in [0, 0.1) is 0 Å². The number of carbonyl (C=O) groups is 1. The normalized spacial score (nSPS) is 10.8. The lowest BCUT2D eigenvalue weighted by Crippen LogP contribution is -2.23. The number of nitrogens with zero attached hydrogens (tertiary/aromatic N) is 2. The number of aromatic nitrogens is 2. The zero-order valence-corrected chi connectivity index (χ0v) is 18.0. The standard InChI is InChI=1S/C27H27N3O2/c31-27(16-15-23-17-29-30(19-23)26-13-5-2-6-14-26)28-18-24-11-7-8-12-25(24)21-32-20-22-9-3-1-4-10-22/h1-14,17,19H,15-16,18,20-21H2,(H,28,31). The number of benzene rings is 3. The summed E-state index contributed by atoms with van der Waals surface area (Å²) in [5.74, 6) is 0.0254. The molecule has 1 N–H and O–H groups in total. The van der Waals surface area contributed by atoms with Crippen molar-refractivity contribution < 1.29 is 9.53 Å². The molecule has 1 aromatic heterocycles. The molecule has 0 aliphatic carbocycles. The summed E-state index contributed by atoms with van der Waals surface area (Å²) in [4.78, 5) is 12.4. The first-order valence-electron chi connectivity index (χ1n) is 10.8. The van der Waals surface area contributed by atoms with Crippen molar-refractivity contribution in [3.05, 3.63) is 120 Å². The smallest absolute Gasteiger partial charge is 0.220 e. The molecule has 0 unspecified atom stereocenters. The van der Waals surface area contributed by atoms with Crippen LogP contribution in [0.25, 0.3) is 5.69 Å². The zero-order chi connectivity index (χ0) is 22.0. The summed E-state index contributed by atoms with van der Waals surface area (Å²) in [6.07, 6.45) is 4.87. The van der Waals surface area contributed by atoms with E-state index in [-0.39, 0.29) is 5.91 Å². The number of amides is 1. The maximum atomic E-state index is 12.4. The van der Waals surface area contributed by atoms with Crippen LogP contribution in [0.2, 0.25) is 0 Å². The van der Waals surface area contributed by atoms with Gasteiger partial charge in [-0.15, -0.1) is 0 Å². The molecule has 0 spiro atoms. The molecule has 0 aliphatic heterocycles. The lowest BCUT2D eigenvalue weighted by Gasteiger charge is -2.11. The molecule has 5 heteroatoms.